The monoisotopic (exact) mass is 456 g/mol. The zero-order chi connectivity index (χ0) is 22.8. The molecule has 164 valence electrons. The molecule has 1 amide bonds. The van der Waals surface area contributed by atoms with Crippen molar-refractivity contribution in [2.24, 2.45) is 0 Å². The molecule has 5 rings (SSSR count). The molecule has 0 saturated heterocycles. The topological polar surface area (TPSA) is 72.4 Å². The van der Waals surface area contributed by atoms with E-state index in [1.54, 1.807) is 18.3 Å². The maximum atomic E-state index is 12.9. The van der Waals surface area contributed by atoms with E-state index in [1.165, 1.54) is 0 Å². The van der Waals surface area contributed by atoms with Crippen molar-refractivity contribution in [3.8, 4) is 22.6 Å². The molecule has 33 heavy (non-hydrogen) atoms. The number of anilines is 1. The molecular weight excluding hydrogens is 436 g/mol. The van der Waals surface area contributed by atoms with E-state index in [-0.39, 0.29) is 12.3 Å². The molecule has 0 bridgehead atoms. The number of rotatable bonds is 6. The van der Waals surface area contributed by atoms with Crippen molar-refractivity contribution in [2.75, 3.05) is 5.32 Å². The van der Waals surface area contributed by atoms with Gasteiger partial charge in [-0.25, -0.2) is 9.97 Å². The van der Waals surface area contributed by atoms with Gasteiger partial charge in [-0.2, -0.15) is 0 Å². The SMILES string of the molecule is Cc1ccn2c(NC(=O)CCc3ncc(-c4ccc(Cl)cc4)o3)c(-c3ccccc3)nc2c1. The number of pyridine rings is 1. The second kappa shape index (κ2) is 8.92. The van der Waals surface area contributed by atoms with Crippen molar-refractivity contribution >= 4 is 29.0 Å². The van der Waals surface area contributed by atoms with Crippen LogP contribution in [0.25, 0.3) is 28.2 Å². The van der Waals surface area contributed by atoms with E-state index < -0.39 is 0 Å². The number of imidazole rings is 1. The van der Waals surface area contributed by atoms with Crippen LogP contribution in [0.5, 0.6) is 0 Å². The van der Waals surface area contributed by atoms with Crippen molar-refractivity contribution in [3.05, 3.63) is 95.6 Å². The fourth-order valence-corrected chi connectivity index (χ4v) is 3.78. The molecule has 3 aromatic heterocycles. The average molecular weight is 457 g/mol. The molecule has 0 saturated carbocycles. The summed E-state index contributed by atoms with van der Waals surface area (Å²) in [5.41, 5.74) is 4.44. The Morgan fingerprint density at radius 3 is 2.64 bits per heavy atom. The quantitative estimate of drug-likeness (QED) is 0.330. The number of amides is 1. The molecule has 7 heteroatoms. The highest BCUT2D eigenvalue weighted by molar-refractivity contribution is 6.30. The summed E-state index contributed by atoms with van der Waals surface area (Å²) in [7, 11) is 0. The van der Waals surface area contributed by atoms with Gasteiger partial charge in [0, 0.05) is 35.2 Å². The maximum absolute atomic E-state index is 12.9. The van der Waals surface area contributed by atoms with Crippen molar-refractivity contribution < 1.29 is 9.21 Å². The standard InChI is InChI=1S/C26H21ClN4O2/c1-17-13-14-31-22(15-17)29-25(19-5-3-2-4-6-19)26(31)30-23(32)11-12-24-28-16-21(33-24)18-7-9-20(27)10-8-18/h2-10,13-16H,11-12H2,1H3,(H,30,32). The van der Waals surface area contributed by atoms with E-state index in [9.17, 15) is 4.79 Å². The Morgan fingerprint density at radius 2 is 1.85 bits per heavy atom. The molecule has 0 aliphatic carbocycles. The fraction of sp³-hybridized carbons (Fsp3) is 0.115. The van der Waals surface area contributed by atoms with Gasteiger partial charge in [0.05, 0.1) is 6.20 Å². The Balaban J connectivity index is 1.34. The molecule has 3 heterocycles. The molecule has 0 radical (unpaired) electrons. The molecule has 0 spiro atoms. The number of benzene rings is 2. The van der Waals surface area contributed by atoms with Crippen LogP contribution in [-0.2, 0) is 11.2 Å². The van der Waals surface area contributed by atoms with Crippen LogP contribution < -0.4 is 5.32 Å². The van der Waals surface area contributed by atoms with Crippen LogP contribution in [0, 0.1) is 6.92 Å². The number of carbonyl (C=O) groups is 1. The molecule has 0 fully saturated rings. The second-order valence-electron chi connectivity index (χ2n) is 7.78. The highest BCUT2D eigenvalue weighted by Gasteiger charge is 2.17. The number of halogens is 1. The number of nitrogens with one attached hydrogen (secondary N) is 1. The van der Waals surface area contributed by atoms with E-state index >= 15 is 0 Å². The van der Waals surface area contributed by atoms with Crippen LogP contribution in [-0.4, -0.2) is 20.3 Å². The second-order valence-corrected chi connectivity index (χ2v) is 8.22. The smallest absolute Gasteiger partial charge is 0.226 e. The lowest BCUT2D eigenvalue weighted by molar-refractivity contribution is -0.116. The number of oxazole rings is 1. The molecule has 0 aliphatic heterocycles. The van der Waals surface area contributed by atoms with Gasteiger partial charge in [0.25, 0.3) is 0 Å². The average Bonchev–Trinajstić information content (AvgIpc) is 3.44. The number of aryl methyl sites for hydroxylation is 2. The number of aromatic nitrogens is 3. The molecular formula is C26H21ClN4O2. The lowest BCUT2D eigenvalue weighted by Gasteiger charge is -2.07. The highest BCUT2D eigenvalue weighted by Crippen LogP contribution is 2.29. The predicted octanol–water partition coefficient (Wildman–Crippen LogP) is 6.19. The molecule has 0 unspecified atom stereocenters. The third kappa shape index (κ3) is 4.52. The van der Waals surface area contributed by atoms with E-state index in [1.807, 2.05) is 72.1 Å². The van der Waals surface area contributed by atoms with Crippen molar-refractivity contribution in [2.45, 2.75) is 19.8 Å². The van der Waals surface area contributed by atoms with Crippen LogP contribution in [0.3, 0.4) is 0 Å². The first kappa shape index (κ1) is 21.0. The fourth-order valence-electron chi connectivity index (χ4n) is 3.65. The summed E-state index contributed by atoms with van der Waals surface area (Å²) < 4.78 is 7.72. The molecule has 6 nitrogen and oxygen atoms in total. The largest absolute Gasteiger partial charge is 0.441 e. The van der Waals surface area contributed by atoms with Crippen molar-refractivity contribution in [3.63, 3.8) is 0 Å². The molecule has 1 N–H and O–H groups in total. The van der Waals surface area contributed by atoms with Crippen LogP contribution in [0.2, 0.25) is 5.02 Å². The summed E-state index contributed by atoms with van der Waals surface area (Å²) in [5.74, 6) is 1.66. The summed E-state index contributed by atoms with van der Waals surface area (Å²) in [6, 6.07) is 21.2. The Hall–Kier alpha value is -3.90. The minimum absolute atomic E-state index is 0.138. The molecule has 2 aromatic carbocycles. The number of fused-ring (bicyclic) bond motifs is 1. The van der Waals surface area contributed by atoms with Gasteiger partial charge in [-0.15, -0.1) is 0 Å². The van der Waals surface area contributed by atoms with Gasteiger partial charge < -0.3 is 9.73 Å². The Kier molecular flexibility index (Phi) is 5.67. The Labute approximate surface area is 195 Å². The van der Waals surface area contributed by atoms with Gasteiger partial charge in [0.1, 0.15) is 17.2 Å². The van der Waals surface area contributed by atoms with Gasteiger partial charge in [-0.1, -0.05) is 41.9 Å². The van der Waals surface area contributed by atoms with Crippen LogP contribution in [0.1, 0.15) is 17.9 Å². The van der Waals surface area contributed by atoms with Gasteiger partial charge in [0.2, 0.25) is 5.91 Å². The summed E-state index contributed by atoms with van der Waals surface area (Å²) in [6.07, 6.45) is 4.20. The molecule has 5 aromatic rings. The molecule has 0 atom stereocenters. The Bertz CT molecular complexity index is 1420. The van der Waals surface area contributed by atoms with E-state index in [2.05, 4.69) is 10.3 Å². The van der Waals surface area contributed by atoms with Gasteiger partial charge in [-0.05, 0) is 48.9 Å². The normalized spacial score (nSPS) is 11.1. The number of hydrogen-bond donors (Lipinski definition) is 1. The van der Waals surface area contributed by atoms with E-state index in [0.29, 0.717) is 28.9 Å². The molecule has 0 aliphatic rings. The summed E-state index contributed by atoms with van der Waals surface area (Å²) in [5, 5.41) is 3.70. The summed E-state index contributed by atoms with van der Waals surface area (Å²) in [6.45, 7) is 2.02. The predicted molar refractivity (Wildman–Crippen MR) is 129 cm³/mol. The third-order valence-electron chi connectivity index (χ3n) is 5.33. The first-order valence-electron chi connectivity index (χ1n) is 10.6. The first-order valence-corrected chi connectivity index (χ1v) is 11.0. The minimum Gasteiger partial charge on any atom is -0.441 e. The van der Waals surface area contributed by atoms with E-state index in [0.717, 1.165) is 28.0 Å². The zero-order valence-electron chi connectivity index (χ0n) is 18.0. The summed E-state index contributed by atoms with van der Waals surface area (Å²) in [4.78, 5) is 21.9. The van der Waals surface area contributed by atoms with Crippen LogP contribution >= 0.6 is 11.6 Å². The number of carbonyl (C=O) groups excluding carboxylic acids is 1. The van der Waals surface area contributed by atoms with Crippen LogP contribution in [0.4, 0.5) is 5.82 Å². The lowest BCUT2D eigenvalue weighted by Crippen LogP contribution is -2.14. The van der Waals surface area contributed by atoms with Gasteiger partial charge >= 0.3 is 0 Å². The zero-order valence-corrected chi connectivity index (χ0v) is 18.7. The number of hydrogen-bond acceptors (Lipinski definition) is 4. The number of nitrogens with zero attached hydrogens (tertiary/aromatic N) is 3. The lowest BCUT2D eigenvalue weighted by atomic mass is 10.1. The summed E-state index contributed by atoms with van der Waals surface area (Å²) >= 11 is 5.94. The van der Waals surface area contributed by atoms with E-state index in [4.69, 9.17) is 21.0 Å². The van der Waals surface area contributed by atoms with Gasteiger partial charge in [0.15, 0.2) is 11.7 Å². The minimum atomic E-state index is -0.138. The van der Waals surface area contributed by atoms with Crippen molar-refractivity contribution in [1.29, 1.82) is 0 Å². The first-order chi connectivity index (χ1) is 16.1. The third-order valence-corrected chi connectivity index (χ3v) is 5.59. The van der Waals surface area contributed by atoms with Crippen molar-refractivity contribution in [1.82, 2.24) is 14.4 Å². The maximum Gasteiger partial charge on any atom is 0.226 e. The van der Waals surface area contributed by atoms with Gasteiger partial charge in [-0.3, -0.25) is 9.20 Å². The highest BCUT2D eigenvalue weighted by atomic mass is 35.5. The Morgan fingerprint density at radius 1 is 1.06 bits per heavy atom. The van der Waals surface area contributed by atoms with Crippen LogP contribution in [0.15, 0.2) is 83.5 Å².